The molecule has 0 bridgehead atoms. The van der Waals surface area contributed by atoms with Gasteiger partial charge in [-0.15, -0.1) is 0 Å². The number of hydrogen-bond donors (Lipinski definition) is 2. The van der Waals surface area contributed by atoms with Gasteiger partial charge < -0.3 is 15.2 Å². The molecule has 84 valence electrons. The van der Waals surface area contributed by atoms with Gasteiger partial charge in [0.1, 0.15) is 0 Å². The van der Waals surface area contributed by atoms with E-state index in [2.05, 4.69) is 19.2 Å². The van der Waals surface area contributed by atoms with E-state index in [1.54, 1.807) is 0 Å². The fourth-order valence-corrected chi connectivity index (χ4v) is 1.97. The van der Waals surface area contributed by atoms with Gasteiger partial charge in [0.25, 0.3) is 0 Å². The smallest absolute Gasteiger partial charge is 0.0715 e. The highest BCUT2D eigenvalue weighted by Crippen LogP contribution is 2.19. The molecule has 2 N–H and O–H groups in total. The van der Waals surface area contributed by atoms with Gasteiger partial charge in [0.05, 0.1) is 17.8 Å². The zero-order valence-corrected chi connectivity index (χ0v) is 9.71. The molecular weight excluding hydrogens is 178 g/mol. The largest absolute Gasteiger partial charge is 0.389 e. The van der Waals surface area contributed by atoms with Crippen molar-refractivity contribution < 1.29 is 9.84 Å². The first kappa shape index (κ1) is 12.0. The van der Waals surface area contributed by atoms with Crippen LogP contribution in [-0.4, -0.2) is 35.5 Å². The Labute approximate surface area is 86.8 Å². The van der Waals surface area contributed by atoms with Gasteiger partial charge >= 0.3 is 0 Å². The van der Waals surface area contributed by atoms with Crippen LogP contribution in [0.4, 0.5) is 0 Å². The van der Waals surface area contributed by atoms with Crippen molar-refractivity contribution in [3.63, 3.8) is 0 Å². The minimum absolute atomic E-state index is 0.332. The van der Waals surface area contributed by atoms with E-state index in [0.717, 1.165) is 12.8 Å². The first-order valence-corrected chi connectivity index (χ1v) is 5.48. The molecule has 0 radical (unpaired) electrons. The molecule has 0 amide bonds. The Morgan fingerprint density at radius 1 is 1.29 bits per heavy atom. The van der Waals surface area contributed by atoms with Crippen molar-refractivity contribution in [3.05, 3.63) is 0 Å². The Kier molecular flexibility index (Phi) is 3.93. The first-order valence-electron chi connectivity index (χ1n) is 5.48. The second kappa shape index (κ2) is 4.60. The Morgan fingerprint density at radius 2 is 1.79 bits per heavy atom. The van der Waals surface area contributed by atoms with Crippen LogP contribution in [0.5, 0.6) is 0 Å². The number of aliphatic hydroxyl groups is 1. The zero-order chi connectivity index (χ0) is 10.8. The van der Waals surface area contributed by atoms with Crippen molar-refractivity contribution in [2.45, 2.75) is 64.4 Å². The quantitative estimate of drug-likeness (QED) is 0.723. The maximum Gasteiger partial charge on any atom is 0.0715 e. The predicted molar refractivity (Wildman–Crippen MR) is 57.3 cm³/mol. The second-order valence-corrected chi connectivity index (χ2v) is 5.12. The summed E-state index contributed by atoms with van der Waals surface area (Å²) >= 11 is 0. The molecule has 1 fully saturated rings. The van der Waals surface area contributed by atoms with Crippen molar-refractivity contribution in [1.29, 1.82) is 0 Å². The Bertz CT molecular complexity index is 167. The predicted octanol–water partition coefficient (Wildman–Crippen LogP) is 1.30. The molecule has 0 aromatic rings. The molecule has 3 nitrogen and oxygen atoms in total. The lowest BCUT2D eigenvalue weighted by atomic mass is 9.99. The highest BCUT2D eigenvalue weighted by Gasteiger charge is 2.25. The summed E-state index contributed by atoms with van der Waals surface area (Å²) < 4.78 is 5.65. The van der Waals surface area contributed by atoms with E-state index in [1.165, 1.54) is 0 Å². The topological polar surface area (TPSA) is 41.5 Å². The summed E-state index contributed by atoms with van der Waals surface area (Å²) in [5, 5.41) is 13.0. The lowest BCUT2D eigenvalue weighted by molar-refractivity contribution is -0.0452. The monoisotopic (exact) mass is 201 g/mol. The molecule has 0 spiro atoms. The summed E-state index contributed by atoms with van der Waals surface area (Å²) in [7, 11) is 0. The van der Waals surface area contributed by atoms with Crippen LogP contribution in [0.2, 0.25) is 0 Å². The van der Waals surface area contributed by atoms with Crippen LogP contribution in [0, 0.1) is 0 Å². The van der Waals surface area contributed by atoms with Crippen molar-refractivity contribution in [2.75, 3.05) is 6.54 Å². The van der Waals surface area contributed by atoms with E-state index >= 15 is 0 Å². The minimum Gasteiger partial charge on any atom is -0.389 e. The van der Waals surface area contributed by atoms with Crippen LogP contribution in [-0.2, 0) is 4.74 Å². The van der Waals surface area contributed by atoms with Gasteiger partial charge in [-0.1, -0.05) is 0 Å². The molecule has 0 aromatic carbocycles. The highest BCUT2D eigenvalue weighted by atomic mass is 16.5. The number of rotatable bonds is 3. The van der Waals surface area contributed by atoms with Gasteiger partial charge in [-0.3, -0.25) is 0 Å². The third-order valence-electron chi connectivity index (χ3n) is 2.52. The zero-order valence-electron chi connectivity index (χ0n) is 9.71. The molecule has 0 unspecified atom stereocenters. The standard InChI is InChI=1S/C11H23NO2/c1-8-5-10(6-9(2)14-8)12-7-11(3,4)13/h8-10,12-13H,5-7H2,1-4H3/t8-,9-/m0/s1. The molecule has 0 aliphatic carbocycles. The first-order chi connectivity index (χ1) is 6.37. The van der Waals surface area contributed by atoms with Gasteiger partial charge in [0.2, 0.25) is 0 Å². The summed E-state index contributed by atoms with van der Waals surface area (Å²) in [6.07, 6.45) is 2.75. The molecule has 14 heavy (non-hydrogen) atoms. The second-order valence-electron chi connectivity index (χ2n) is 5.12. The summed E-state index contributed by atoms with van der Waals surface area (Å²) in [5.74, 6) is 0. The molecule has 1 saturated heterocycles. The van der Waals surface area contributed by atoms with E-state index in [0.29, 0.717) is 24.8 Å². The van der Waals surface area contributed by atoms with E-state index < -0.39 is 5.60 Å². The van der Waals surface area contributed by atoms with Gasteiger partial charge in [-0.2, -0.15) is 0 Å². The van der Waals surface area contributed by atoms with Crippen molar-refractivity contribution >= 4 is 0 Å². The normalized spacial score (nSPS) is 34.5. The number of nitrogens with one attached hydrogen (secondary N) is 1. The van der Waals surface area contributed by atoms with Crippen LogP contribution in [0.15, 0.2) is 0 Å². The summed E-state index contributed by atoms with van der Waals surface area (Å²) in [5.41, 5.74) is -0.620. The lowest BCUT2D eigenvalue weighted by Crippen LogP contribution is -2.46. The fraction of sp³-hybridized carbons (Fsp3) is 1.00. The lowest BCUT2D eigenvalue weighted by Gasteiger charge is -2.34. The molecular formula is C11H23NO2. The average Bonchev–Trinajstić information content (AvgIpc) is 1.97. The Hall–Kier alpha value is -0.120. The Balaban J connectivity index is 2.30. The van der Waals surface area contributed by atoms with Crippen LogP contribution in [0.1, 0.15) is 40.5 Å². The van der Waals surface area contributed by atoms with Gasteiger partial charge in [-0.05, 0) is 40.5 Å². The number of ether oxygens (including phenoxy) is 1. The highest BCUT2D eigenvalue weighted by molar-refractivity contribution is 4.81. The van der Waals surface area contributed by atoms with Crippen molar-refractivity contribution in [1.82, 2.24) is 5.32 Å². The summed E-state index contributed by atoms with van der Waals surface area (Å²) in [4.78, 5) is 0. The molecule has 1 rings (SSSR count). The molecule has 1 aliphatic heterocycles. The maximum atomic E-state index is 9.59. The summed E-state index contributed by atoms with van der Waals surface area (Å²) in [6, 6.07) is 0.486. The number of hydrogen-bond acceptors (Lipinski definition) is 3. The van der Waals surface area contributed by atoms with E-state index in [1.807, 2.05) is 13.8 Å². The van der Waals surface area contributed by atoms with Gasteiger partial charge in [0.15, 0.2) is 0 Å². The maximum absolute atomic E-state index is 9.59. The van der Waals surface area contributed by atoms with Gasteiger partial charge in [0, 0.05) is 12.6 Å². The van der Waals surface area contributed by atoms with Crippen molar-refractivity contribution in [3.8, 4) is 0 Å². The molecule has 1 aliphatic rings. The molecule has 2 atom stereocenters. The van der Waals surface area contributed by atoms with Crippen LogP contribution in [0.3, 0.4) is 0 Å². The minimum atomic E-state index is -0.620. The van der Waals surface area contributed by atoms with Crippen LogP contribution in [0.25, 0.3) is 0 Å². The molecule has 0 aromatic heterocycles. The third-order valence-corrected chi connectivity index (χ3v) is 2.52. The SMILES string of the molecule is C[C@H]1CC(NCC(C)(C)O)C[C@H](C)O1. The fourth-order valence-electron chi connectivity index (χ4n) is 1.97. The molecule has 1 heterocycles. The van der Waals surface area contributed by atoms with Crippen LogP contribution >= 0.6 is 0 Å². The Morgan fingerprint density at radius 3 is 2.21 bits per heavy atom. The molecule has 0 saturated carbocycles. The average molecular weight is 201 g/mol. The van der Waals surface area contributed by atoms with E-state index in [9.17, 15) is 5.11 Å². The van der Waals surface area contributed by atoms with E-state index in [-0.39, 0.29) is 0 Å². The van der Waals surface area contributed by atoms with E-state index in [4.69, 9.17) is 4.74 Å². The third kappa shape index (κ3) is 4.40. The molecule has 3 heteroatoms. The van der Waals surface area contributed by atoms with Crippen molar-refractivity contribution in [2.24, 2.45) is 0 Å². The van der Waals surface area contributed by atoms with Crippen LogP contribution < -0.4 is 5.32 Å². The summed E-state index contributed by atoms with van der Waals surface area (Å²) in [6.45, 7) is 8.51. The van der Waals surface area contributed by atoms with Gasteiger partial charge in [-0.25, -0.2) is 0 Å².